The molecule has 5 N–H and O–H groups in total. The minimum Gasteiger partial charge on any atom is -0.390 e. The highest BCUT2D eigenvalue weighted by Gasteiger charge is 2.10. The molecule has 0 saturated carbocycles. The number of rotatable bonds is 4. The summed E-state index contributed by atoms with van der Waals surface area (Å²) in [5.41, 5.74) is 9.60. The molecular weight excluding hydrogens is 142 g/mol. The van der Waals surface area contributed by atoms with Gasteiger partial charge in [0.1, 0.15) is 0 Å². The fourth-order valence-electron chi connectivity index (χ4n) is 0.720. The first kappa shape index (κ1) is 10.2. The van der Waals surface area contributed by atoms with Crippen molar-refractivity contribution < 1.29 is 5.11 Å². The summed E-state index contributed by atoms with van der Waals surface area (Å²) < 4.78 is 0. The zero-order chi connectivity index (χ0) is 8.91. The van der Waals surface area contributed by atoms with Gasteiger partial charge in [0, 0.05) is 6.54 Å². The lowest BCUT2D eigenvalue weighted by molar-refractivity contribution is 0.0695. The SMILES string of the molecule is CC(C)(O)CCCN=C(N)N. The maximum Gasteiger partial charge on any atom is 0.185 e. The van der Waals surface area contributed by atoms with E-state index in [9.17, 15) is 5.11 Å². The van der Waals surface area contributed by atoms with Crippen LogP contribution in [0.3, 0.4) is 0 Å². The highest BCUT2D eigenvalue weighted by Crippen LogP contribution is 2.09. The quantitative estimate of drug-likeness (QED) is 0.302. The van der Waals surface area contributed by atoms with E-state index in [4.69, 9.17) is 11.5 Å². The molecule has 0 atom stereocenters. The first-order valence-electron chi connectivity index (χ1n) is 3.69. The molecule has 0 heterocycles. The van der Waals surface area contributed by atoms with Crippen molar-refractivity contribution in [2.75, 3.05) is 6.54 Å². The summed E-state index contributed by atoms with van der Waals surface area (Å²) in [4.78, 5) is 3.79. The van der Waals surface area contributed by atoms with Gasteiger partial charge in [-0.25, -0.2) is 0 Å². The van der Waals surface area contributed by atoms with E-state index in [1.165, 1.54) is 0 Å². The molecule has 4 nitrogen and oxygen atoms in total. The van der Waals surface area contributed by atoms with Crippen LogP contribution in [-0.4, -0.2) is 23.2 Å². The van der Waals surface area contributed by atoms with E-state index in [0.29, 0.717) is 13.0 Å². The van der Waals surface area contributed by atoms with Gasteiger partial charge in [-0.05, 0) is 26.7 Å². The maximum atomic E-state index is 9.27. The summed E-state index contributed by atoms with van der Waals surface area (Å²) in [7, 11) is 0. The van der Waals surface area contributed by atoms with E-state index in [-0.39, 0.29) is 5.96 Å². The first-order valence-corrected chi connectivity index (χ1v) is 3.69. The molecule has 0 rings (SSSR count). The second-order valence-corrected chi connectivity index (χ2v) is 3.22. The van der Waals surface area contributed by atoms with Crippen molar-refractivity contribution in [2.24, 2.45) is 16.5 Å². The second kappa shape index (κ2) is 4.18. The average Bonchev–Trinajstić information content (AvgIpc) is 1.78. The third kappa shape index (κ3) is 9.23. The van der Waals surface area contributed by atoms with E-state index >= 15 is 0 Å². The fraction of sp³-hybridized carbons (Fsp3) is 0.857. The van der Waals surface area contributed by atoms with Crippen LogP contribution >= 0.6 is 0 Å². The van der Waals surface area contributed by atoms with Gasteiger partial charge < -0.3 is 16.6 Å². The van der Waals surface area contributed by atoms with Crippen LogP contribution in [0.1, 0.15) is 26.7 Å². The molecule has 0 radical (unpaired) electrons. The number of hydrogen-bond acceptors (Lipinski definition) is 2. The lowest BCUT2D eigenvalue weighted by atomic mass is 10.0. The van der Waals surface area contributed by atoms with Crippen LogP contribution in [0.15, 0.2) is 4.99 Å². The Hall–Kier alpha value is -0.770. The van der Waals surface area contributed by atoms with Crippen LogP contribution < -0.4 is 11.5 Å². The third-order valence-electron chi connectivity index (χ3n) is 1.24. The molecule has 0 aromatic rings. The monoisotopic (exact) mass is 159 g/mol. The third-order valence-corrected chi connectivity index (χ3v) is 1.24. The highest BCUT2D eigenvalue weighted by atomic mass is 16.3. The van der Waals surface area contributed by atoms with Crippen molar-refractivity contribution in [2.45, 2.75) is 32.3 Å². The molecule has 0 aliphatic carbocycles. The standard InChI is InChI=1S/C7H17N3O/c1-7(2,11)4-3-5-10-6(8)9/h11H,3-5H2,1-2H3,(H4,8,9,10). The Morgan fingerprint density at radius 2 is 2.00 bits per heavy atom. The predicted octanol–water partition coefficient (Wildman–Crippen LogP) is -0.189. The van der Waals surface area contributed by atoms with Crippen molar-refractivity contribution in [1.29, 1.82) is 0 Å². The zero-order valence-corrected chi connectivity index (χ0v) is 7.17. The van der Waals surface area contributed by atoms with Crippen LogP contribution in [0.5, 0.6) is 0 Å². The van der Waals surface area contributed by atoms with Gasteiger partial charge in [-0.1, -0.05) is 0 Å². The van der Waals surface area contributed by atoms with Crippen molar-refractivity contribution >= 4 is 5.96 Å². The van der Waals surface area contributed by atoms with Crippen LogP contribution in [-0.2, 0) is 0 Å². The molecule has 0 amide bonds. The average molecular weight is 159 g/mol. The van der Waals surface area contributed by atoms with Crippen molar-refractivity contribution in [1.82, 2.24) is 0 Å². The van der Waals surface area contributed by atoms with Crippen molar-refractivity contribution in [3.63, 3.8) is 0 Å². The van der Waals surface area contributed by atoms with Gasteiger partial charge in [-0.2, -0.15) is 0 Å². The molecule has 0 unspecified atom stereocenters. The second-order valence-electron chi connectivity index (χ2n) is 3.22. The number of hydrogen-bond donors (Lipinski definition) is 3. The van der Waals surface area contributed by atoms with Gasteiger partial charge in [-0.3, -0.25) is 4.99 Å². The lowest BCUT2D eigenvalue weighted by Crippen LogP contribution is -2.23. The molecule has 0 aromatic heterocycles. The molecule has 0 bridgehead atoms. The van der Waals surface area contributed by atoms with Gasteiger partial charge in [0.2, 0.25) is 0 Å². The Morgan fingerprint density at radius 1 is 1.45 bits per heavy atom. The number of aliphatic hydroxyl groups is 1. The molecular formula is C7H17N3O. The zero-order valence-electron chi connectivity index (χ0n) is 7.17. The topological polar surface area (TPSA) is 84.6 Å². The maximum absolute atomic E-state index is 9.27. The molecule has 0 aromatic carbocycles. The highest BCUT2D eigenvalue weighted by molar-refractivity contribution is 5.75. The normalized spacial score (nSPS) is 11.2. The van der Waals surface area contributed by atoms with E-state index in [2.05, 4.69) is 4.99 Å². The molecule has 11 heavy (non-hydrogen) atoms. The van der Waals surface area contributed by atoms with Crippen LogP contribution in [0.4, 0.5) is 0 Å². The Balaban J connectivity index is 3.36. The van der Waals surface area contributed by atoms with E-state index in [0.717, 1.165) is 6.42 Å². The Morgan fingerprint density at radius 3 is 2.36 bits per heavy atom. The lowest BCUT2D eigenvalue weighted by Gasteiger charge is -2.15. The summed E-state index contributed by atoms with van der Waals surface area (Å²) in [6.07, 6.45) is 1.52. The minimum absolute atomic E-state index is 0.112. The Bertz CT molecular complexity index is 133. The molecule has 0 saturated heterocycles. The molecule has 0 aliphatic heterocycles. The van der Waals surface area contributed by atoms with Gasteiger partial charge in [0.15, 0.2) is 5.96 Å². The molecule has 66 valence electrons. The van der Waals surface area contributed by atoms with Crippen LogP contribution in [0, 0.1) is 0 Å². The van der Waals surface area contributed by atoms with E-state index < -0.39 is 5.60 Å². The first-order chi connectivity index (χ1) is 4.92. The van der Waals surface area contributed by atoms with Crippen LogP contribution in [0.2, 0.25) is 0 Å². The summed E-state index contributed by atoms with van der Waals surface area (Å²) in [5, 5.41) is 9.27. The fourth-order valence-corrected chi connectivity index (χ4v) is 0.720. The Kier molecular flexibility index (Phi) is 3.89. The van der Waals surface area contributed by atoms with E-state index in [1.54, 1.807) is 13.8 Å². The minimum atomic E-state index is -0.612. The Labute approximate surface area is 67.3 Å². The molecule has 4 heteroatoms. The summed E-state index contributed by atoms with van der Waals surface area (Å²) in [5.74, 6) is 0.112. The smallest absolute Gasteiger partial charge is 0.185 e. The van der Waals surface area contributed by atoms with Crippen molar-refractivity contribution in [3.8, 4) is 0 Å². The number of nitrogens with two attached hydrogens (primary N) is 2. The summed E-state index contributed by atoms with van der Waals surface area (Å²) in [6, 6.07) is 0. The van der Waals surface area contributed by atoms with Gasteiger partial charge in [-0.15, -0.1) is 0 Å². The number of guanidine groups is 1. The summed E-state index contributed by atoms with van der Waals surface area (Å²) >= 11 is 0. The number of aliphatic imine (C=N–C) groups is 1. The van der Waals surface area contributed by atoms with Crippen molar-refractivity contribution in [3.05, 3.63) is 0 Å². The largest absolute Gasteiger partial charge is 0.390 e. The number of nitrogens with zero attached hydrogens (tertiary/aromatic N) is 1. The van der Waals surface area contributed by atoms with Crippen LogP contribution in [0.25, 0.3) is 0 Å². The van der Waals surface area contributed by atoms with Gasteiger partial charge >= 0.3 is 0 Å². The summed E-state index contributed by atoms with van der Waals surface area (Å²) in [6.45, 7) is 4.12. The predicted molar refractivity (Wildman–Crippen MR) is 46.2 cm³/mol. The molecule has 0 fully saturated rings. The van der Waals surface area contributed by atoms with Gasteiger partial charge in [0.05, 0.1) is 5.60 Å². The molecule has 0 aliphatic rings. The van der Waals surface area contributed by atoms with Gasteiger partial charge in [0.25, 0.3) is 0 Å². The van der Waals surface area contributed by atoms with E-state index in [1.807, 2.05) is 0 Å². The molecule has 0 spiro atoms.